The SMILES string of the molecule is CCCC1CCc2nc3cc(C)ccn3c2C1. The first kappa shape index (κ1) is 10.8. The predicted octanol–water partition coefficient (Wildman–Crippen LogP) is 3.55. The van der Waals surface area contributed by atoms with E-state index in [-0.39, 0.29) is 0 Å². The molecule has 0 amide bonds. The average Bonchev–Trinajstić information content (AvgIpc) is 2.66. The molecule has 1 aliphatic carbocycles. The van der Waals surface area contributed by atoms with Crippen molar-refractivity contribution in [1.29, 1.82) is 0 Å². The molecule has 0 spiro atoms. The standard InChI is InChI=1S/C15H20N2/c1-3-4-12-5-6-13-14(10-12)17-8-7-11(2)9-15(17)16-13/h7-9,12H,3-6,10H2,1-2H3. The summed E-state index contributed by atoms with van der Waals surface area (Å²) in [6.07, 6.45) is 8.55. The van der Waals surface area contributed by atoms with Crippen molar-refractivity contribution in [3.8, 4) is 0 Å². The van der Waals surface area contributed by atoms with Gasteiger partial charge in [0.1, 0.15) is 5.65 Å². The van der Waals surface area contributed by atoms with Gasteiger partial charge in [0.15, 0.2) is 0 Å². The minimum atomic E-state index is 0.869. The molecule has 0 radical (unpaired) electrons. The number of fused-ring (bicyclic) bond motifs is 3. The second kappa shape index (κ2) is 4.17. The molecule has 0 fully saturated rings. The Morgan fingerprint density at radius 2 is 2.35 bits per heavy atom. The third kappa shape index (κ3) is 1.86. The fraction of sp³-hybridized carbons (Fsp3) is 0.533. The first-order valence-corrected chi connectivity index (χ1v) is 6.74. The Kier molecular flexibility index (Phi) is 2.65. The maximum atomic E-state index is 4.77. The molecule has 0 bridgehead atoms. The van der Waals surface area contributed by atoms with Gasteiger partial charge in [-0.1, -0.05) is 19.8 Å². The molecule has 0 N–H and O–H groups in total. The van der Waals surface area contributed by atoms with Gasteiger partial charge in [-0.15, -0.1) is 0 Å². The monoisotopic (exact) mass is 228 g/mol. The van der Waals surface area contributed by atoms with E-state index in [0.717, 1.165) is 11.6 Å². The van der Waals surface area contributed by atoms with Gasteiger partial charge >= 0.3 is 0 Å². The van der Waals surface area contributed by atoms with E-state index in [1.54, 1.807) is 0 Å². The topological polar surface area (TPSA) is 17.3 Å². The molecule has 2 heteroatoms. The Morgan fingerprint density at radius 1 is 1.47 bits per heavy atom. The van der Waals surface area contributed by atoms with Crippen LogP contribution in [0.2, 0.25) is 0 Å². The molecule has 90 valence electrons. The molecule has 1 atom stereocenters. The highest BCUT2D eigenvalue weighted by Crippen LogP contribution is 2.29. The van der Waals surface area contributed by atoms with Gasteiger partial charge in [-0.3, -0.25) is 0 Å². The summed E-state index contributed by atoms with van der Waals surface area (Å²) in [5.74, 6) is 0.869. The van der Waals surface area contributed by atoms with E-state index in [0.29, 0.717) is 0 Å². The normalized spacial score (nSPS) is 19.5. The summed E-state index contributed by atoms with van der Waals surface area (Å²) >= 11 is 0. The van der Waals surface area contributed by atoms with Crippen LogP contribution in [0.15, 0.2) is 18.3 Å². The summed E-state index contributed by atoms with van der Waals surface area (Å²) in [7, 11) is 0. The summed E-state index contributed by atoms with van der Waals surface area (Å²) in [5.41, 5.74) is 5.23. The number of aromatic nitrogens is 2. The van der Waals surface area contributed by atoms with Crippen LogP contribution < -0.4 is 0 Å². The second-order valence-corrected chi connectivity index (χ2v) is 5.33. The van der Waals surface area contributed by atoms with Crippen molar-refractivity contribution in [2.45, 2.75) is 46.0 Å². The van der Waals surface area contributed by atoms with Crippen molar-refractivity contribution in [1.82, 2.24) is 9.38 Å². The molecule has 2 aromatic rings. The third-order valence-electron chi connectivity index (χ3n) is 3.93. The van der Waals surface area contributed by atoms with Gasteiger partial charge in [0.2, 0.25) is 0 Å². The lowest BCUT2D eigenvalue weighted by Crippen LogP contribution is -2.15. The van der Waals surface area contributed by atoms with E-state index >= 15 is 0 Å². The Labute approximate surface area is 103 Å². The van der Waals surface area contributed by atoms with E-state index in [4.69, 9.17) is 4.98 Å². The summed E-state index contributed by atoms with van der Waals surface area (Å²) in [6.45, 7) is 4.42. The molecule has 2 nitrogen and oxygen atoms in total. The van der Waals surface area contributed by atoms with Crippen LogP contribution in [0.3, 0.4) is 0 Å². The van der Waals surface area contributed by atoms with Gasteiger partial charge in [-0.2, -0.15) is 0 Å². The smallest absolute Gasteiger partial charge is 0.137 e. The highest BCUT2D eigenvalue weighted by atomic mass is 15.0. The number of pyridine rings is 1. The summed E-state index contributed by atoms with van der Waals surface area (Å²) in [5, 5.41) is 0. The Morgan fingerprint density at radius 3 is 3.18 bits per heavy atom. The minimum absolute atomic E-state index is 0.869. The molecule has 0 saturated heterocycles. The number of aryl methyl sites for hydroxylation is 2. The molecule has 17 heavy (non-hydrogen) atoms. The zero-order valence-corrected chi connectivity index (χ0v) is 10.7. The van der Waals surface area contributed by atoms with Crippen LogP contribution in [-0.2, 0) is 12.8 Å². The highest BCUT2D eigenvalue weighted by Gasteiger charge is 2.22. The molecule has 3 rings (SSSR count). The van der Waals surface area contributed by atoms with E-state index in [9.17, 15) is 0 Å². The molecule has 0 saturated carbocycles. The van der Waals surface area contributed by atoms with Crippen LogP contribution in [0.1, 0.15) is 43.1 Å². The van der Waals surface area contributed by atoms with E-state index < -0.39 is 0 Å². The van der Waals surface area contributed by atoms with Crippen molar-refractivity contribution in [2.24, 2.45) is 5.92 Å². The van der Waals surface area contributed by atoms with Gasteiger partial charge in [-0.25, -0.2) is 4.98 Å². The molecule has 0 aliphatic heterocycles. The van der Waals surface area contributed by atoms with Crippen molar-refractivity contribution < 1.29 is 0 Å². The minimum Gasteiger partial charge on any atom is -0.304 e. The summed E-state index contributed by atoms with van der Waals surface area (Å²) in [4.78, 5) is 4.77. The fourth-order valence-electron chi connectivity index (χ4n) is 3.03. The Hall–Kier alpha value is -1.31. The lowest BCUT2D eigenvalue weighted by atomic mass is 9.87. The molecule has 1 unspecified atom stereocenters. The first-order chi connectivity index (χ1) is 8.28. The fourth-order valence-corrected chi connectivity index (χ4v) is 3.03. The van der Waals surface area contributed by atoms with Gasteiger partial charge < -0.3 is 4.40 Å². The third-order valence-corrected chi connectivity index (χ3v) is 3.93. The van der Waals surface area contributed by atoms with Crippen molar-refractivity contribution in [3.63, 3.8) is 0 Å². The maximum Gasteiger partial charge on any atom is 0.137 e. The van der Waals surface area contributed by atoms with Crippen molar-refractivity contribution >= 4 is 5.65 Å². The number of hydrogen-bond donors (Lipinski definition) is 0. The Balaban J connectivity index is 2.03. The average molecular weight is 228 g/mol. The number of rotatable bonds is 2. The summed E-state index contributed by atoms with van der Waals surface area (Å²) < 4.78 is 2.30. The van der Waals surface area contributed by atoms with Crippen molar-refractivity contribution in [3.05, 3.63) is 35.3 Å². The Bertz CT molecular complexity index is 539. The lowest BCUT2D eigenvalue weighted by Gasteiger charge is -2.21. The molecule has 2 aromatic heterocycles. The first-order valence-electron chi connectivity index (χ1n) is 6.74. The maximum absolute atomic E-state index is 4.77. The van der Waals surface area contributed by atoms with E-state index in [1.165, 1.54) is 49.1 Å². The van der Waals surface area contributed by atoms with Gasteiger partial charge in [0.05, 0.1) is 5.69 Å². The van der Waals surface area contributed by atoms with Crippen LogP contribution in [0.4, 0.5) is 0 Å². The van der Waals surface area contributed by atoms with Crippen LogP contribution in [0.25, 0.3) is 5.65 Å². The highest BCUT2D eigenvalue weighted by molar-refractivity contribution is 5.46. The number of hydrogen-bond acceptors (Lipinski definition) is 1. The van der Waals surface area contributed by atoms with Crippen LogP contribution in [-0.4, -0.2) is 9.38 Å². The van der Waals surface area contributed by atoms with Crippen LogP contribution in [0, 0.1) is 12.8 Å². The van der Waals surface area contributed by atoms with Crippen LogP contribution in [0.5, 0.6) is 0 Å². The zero-order valence-electron chi connectivity index (χ0n) is 10.7. The molecular weight excluding hydrogens is 208 g/mol. The number of nitrogens with zero attached hydrogens (tertiary/aromatic N) is 2. The summed E-state index contributed by atoms with van der Waals surface area (Å²) in [6, 6.07) is 4.37. The number of imidazole rings is 1. The molecular formula is C15H20N2. The molecule has 1 aliphatic rings. The largest absolute Gasteiger partial charge is 0.304 e. The molecule has 2 heterocycles. The predicted molar refractivity (Wildman–Crippen MR) is 70.4 cm³/mol. The molecule has 0 aromatic carbocycles. The second-order valence-electron chi connectivity index (χ2n) is 5.33. The van der Waals surface area contributed by atoms with Crippen molar-refractivity contribution in [2.75, 3.05) is 0 Å². The van der Waals surface area contributed by atoms with E-state index in [1.807, 2.05) is 0 Å². The van der Waals surface area contributed by atoms with Crippen LogP contribution >= 0.6 is 0 Å². The van der Waals surface area contributed by atoms with E-state index in [2.05, 4.69) is 36.6 Å². The lowest BCUT2D eigenvalue weighted by molar-refractivity contribution is 0.414. The van der Waals surface area contributed by atoms with Gasteiger partial charge in [0, 0.05) is 11.9 Å². The quantitative estimate of drug-likeness (QED) is 0.768. The zero-order chi connectivity index (χ0) is 11.8. The van der Waals surface area contributed by atoms with Gasteiger partial charge in [-0.05, 0) is 49.8 Å². The van der Waals surface area contributed by atoms with Gasteiger partial charge in [0.25, 0.3) is 0 Å².